The van der Waals surface area contributed by atoms with E-state index >= 15 is 0 Å². The van der Waals surface area contributed by atoms with Gasteiger partial charge >= 0.3 is 0 Å². The number of rotatable bonds is 4. The van der Waals surface area contributed by atoms with Crippen LogP contribution in [0.3, 0.4) is 0 Å². The average Bonchev–Trinajstić information content (AvgIpc) is 2.69. The molecule has 2 rings (SSSR count). The molecular weight excluding hydrogens is 376 g/mol. The Morgan fingerprint density at radius 2 is 2.11 bits per heavy atom. The van der Waals surface area contributed by atoms with Gasteiger partial charge in [-0.1, -0.05) is 45.7 Å². The zero-order valence-electron chi connectivity index (χ0n) is 11.3. The van der Waals surface area contributed by atoms with Crippen molar-refractivity contribution in [1.82, 2.24) is 5.32 Å². The molecule has 3 N–H and O–H groups in total. The molecule has 0 aromatic heterocycles. The third kappa shape index (κ3) is 1.59. The molecule has 6 heteroatoms. The standard InChI is InChI=1S/C13H20Br2N2O2/c1-11(2)12(7-14)3-4-13(11,8(15)9(12)18)10(19)17-6-5-16/h8H,3-7,16H2,1-2H3,(H,17,19). The monoisotopic (exact) mass is 394 g/mol. The highest BCUT2D eigenvalue weighted by atomic mass is 79.9. The summed E-state index contributed by atoms with van der Waals surface area (Å²) in [6.07, 6.45) is 1.51. The zero-order chi connectivity index (χ0) is 14.5. The second kappa shape index (κ2) is 4.81. The minimum Gasteiger partial charge on any atom is -0.354 e. The van der Waals surface area contributed by atoms with Gasteiger partial charge in [0.2, 0.25) is 5.91 Å². The minimum absolute atomic E-state index is 0.0431. The van der Waals surface area contributed by atoms with E-state index in [1.807, 2.05) is 13.8 Å². The quantitative estimate of drug-likeness (QED) is 0.710. The minimum atomic E-state index is -0.660. The van der Waals surface area contributed by atoms with Crippen LogP contribution in [0.15, 0.2) is 0 Å². The molecule has 1 amide bonds. The molecule has 0 heterocycles. The molecule has 0 spiro atoms. The van der Waals surface area contributed by atoms with E-state index in [1.165, 1.54) is 0 Å². The van der Waals surface area contributed by atoms with Gasteiger partial charge in [0.05, 0.1) is 10.2 Å². The van der Waals surface area contributed by atoms with E-state index < -0.39 is 15.7 Å². The van der Waals surface area contributed by atoms with Crippen molar-refractivity contribution in [2.45, 2.75) is 31.5 Å². The maximum Gasteiger partial charge on any atom is 0.228 e. The molecule has 2 aliphatic rings. The summed E-state index contributed by atoms with van der Waals surface area (Å²) in [4.78, 5) is 24.9. The first-order valence-corrected chi connectivity index (χ1v) is 8.58. The summed E-state index contributed by atoms with van der Waals surface area (Å²) in [6, 6.07) is 0. The number of nitrogens with two attached hydrogens (primary N) is 1. The lowest BCUT2D eigenvalue weighted by Crippen LogP contribution is -2.51. The first-order chi connectivity index (χ1) is 8.81. The molecule has 108 valence electrons. The predicted octanol–water partition coefficient (Wildman–Crippen LogP) is 1.60. The second-order valence-electron chi connectivity index (χ2n) is 6.08. The van der Waals surface area contributed by atoms with Crippen LogP contribution >= 0.6 is 31.9 Å². The first-order valence-electron chi connectivity index (χ1n) is 6.54. The zero-order valence-corrected chi connectivity index (χ0v) is 14.4. The van der Waals surface area contributed by atoms with E-state index in [0.717, 1.165) is 12.8 Å². The highest BCUT2D eigenvalue weighted by molar-refractivity contribution is 9.10. The van der Waals surface area contributed by atoms with Crippen molar-refractivity contribution >= 4 is 43.6 Å². The average molecular weight is 396 g/mol. The topological polar surface area (TPSA) is 72.2 Å². The molecule has 0 aliphatic heterocycles. The van der Waals surface area contributed by atoms with Crippen molar-refractivity contribution < 1.29 is 9.59 Å². The van der Waals surface area contributed by atoms with Gasteiger partial charge in [-0.25, -0.2) is 0 Å². The van der Waals surface area contributed by atoms with Crippen molar-refractivity contribution in [3.63, 3.8) is 0 Å². The summed E-state index contributed by atoms with van der Waals surface area (Å²) in [6.45, 7) is 4.95. The smallest absolute Gasteiger partial charge is 0.228 e. The Kier molecular flexibility index (Phi) is 3.91. The molecule has 2 fully saturated rings. The third-order valence-corrected chi connectivity index (χ3v) is 7.61. The number of hydrogen-bond donors (Lipinski definition) is 2. The summed E-state index contributed by atoms with van der Waals surface area (Å²) < 4.78 is 0. The number of carbonyl (C=O) groups is 2. The molecule has 3 unspecified atom stereocenters. The Labute approximate surface area is 130 Å². The van der Waals surface area contributed by atoms with Crippen LogP contribution < -0.4 is 11.1 Å². The Bertz CT molecular complexity index is 427. The van der Waals surface area contributed by atoms with Gasteiger partial charge in [-0.15, -0.1) is 0 Å². The molecule has 4 nitrogen and oxygen atoms in total. The van der Waals surface area contributed by atoms with Crippen LogP contribution in [-0.4, -0.2) is 34.9 Å². The van der Waals surface area contributed by atoms with E-state index in [-0.39, 0.29) is 17.1 Å². The highest BCUT2D eigenvalue weighted by Crippen LogP contribution is 2.72. The maximum absolute atomic E-state index is 12.6. The number of carbonyl (C=O) groups excluding carboxylic acids is 2. The fourth-order valence-corrected chi connectivity index (χ4v) is 6.66. The SMILES string of the molecule is CC1(C)C2(CBr)CCC1(C(=O)NCCN)C(Br)C2=O. The largest absolute Gasteiger partial charge is 0.354 e. The number of nitrogens with one attached hydrogen (secondary N) is 1. The molecule has 19 heavy (non-hydrogen) atoms. The van der Waals surface area contributed by atoms with Gasteiger partial charge in [0.25, 0.3) is 0 Å². The lowest BCUT2D eigenvalue weighted by Gasteiger charge is -2.40. The van der Waals surface area contributed by atoms with Crippen LogP contribution in [0.25, 0.3) is 0 Å². The number of fused-ring (bicyclic) bond motifs is 2. The lowest BCUT2D eigenvalue weighted by molar-refractivity contribution is -0.135. The van der Waals surface area contributed by atoms with Crippen LogP contribution in [0, 0.1) is 16.2 Å². The second-order valence-corrected chi connectivity index (χ2v) is 7.56. The highest BCUT2D eigenvalue weighted by Gasteiger charge is 2.77. The Morgan fingerprint density at radius 1 is 1.47 bits per heavy atom. The first kappa shape index (κ1) is 15.4. The fourth-order valence-electron chi connectivity index (χ4n) is 3.96. The number of ketones is 1. The van der Waals surface area contributed by atoms with Crippen LogP contribution in [-0.2, 0) is 9.59 Å². The molecule has 0 saturated heterocycles. The molecule has 0 aromatic carbocycles. The molecule has 2 saturated carbocycles. The van der Waals surface area contributed by atoms with E-state index in [9.17, 15) is 9.59 Å². The van der Waals surface area contributed by atoms with Crippen LogP contribution in [0.1, 0.15) is 26.7 Å². The van der Waals surface area contributed by atoms with Crippen LogP contribution in [0.4, 0.5) is 0 Å². The van der Waals surface area contributed by atoms with Crippen molar-refractivity contribution in [3.05, 3.63) is 0 Å². The van der Waals surface area contributed by atoms with E-state index in [1.54, 1.807) is 0 Å². The van der Waals surface area contributed by atoms with Crippen LogP contribution in [0.2, 0.25) is 0 Å². The van der Waals surface area contributed by atoms with Gasteiger partial charge < -0.3 is 11.1 Å². The van der Waals surface area contributed by atoms with Gasteiger partial charge in [-0.2, -0.15) is 0 Å². The summed E-state index contributed by atoms with van der Waals surface area (Å²) in [5.74, 6) is 0.113. The van der Waals surface area contributed by atoms with Gasteiger partial charge in [0.1, 0.15) is 0 Å². The summed E-state index contributed by atoms with van der Waals surface area (Å²) >= 11 is 7.00. The number of alkyl halides is 2. The lowest BCUT2D eigenvalue weighted by atomic mass is 9.64. The van der Waals surface area contributed by atoms with Gasteiger partial charge in [0, 0.05) is 23.8 Å². The molecule has 2 aliphatic carbocycles. The molecular formula is C13H20Br2N2O2. The van der Waals surface area contributed by atoms with Crippen molar-refractivity contribution in [1.29, 1.82) is 0 Å². The summed E-state index contributed by atoms with van der Waals surface area (Å²) in [5, 5.41) is 3.49. The molecule has 0 radical (unpaired) electrons. The van der Waals surface area contributed by atoms with Crippen molar-refractivity contribution in [2.75, 3.05) is 18.4 Å². The number of Topliss-reactive ketones (excluding diaryl/α,β-unsaturated/α-hetero) is 1. The Hall–Kier alpha value is 0.0600. The maximum atomic E-state index is 12.6. The normalized spacial score (nSPS) is 39.6. The molecule has 2 bridgehead atoms. The fraction of sp³-hybridized carbons (Fsp3) is 0.846. The summed E-state index contributed by atoms with van der Waals surface area (Å²) in [7, 11) is 0. The van der Waals surface area contributed by atoms with Crippen LogP contribution in [0.5, 0.6) is 0 Å². The summed E-state index contributed by atoms with van der Waals surface area (Å²) in [5.41, 5.74) is 3.98. The molecule has 3 atom stereocenters. The number of amides is 1. The Morgan fingerprint density at radius 3 is 2.58 bits per heavy atom. The molecule has 0 aromatic rings. The van der Waals surface area contributed by atoms with Crippen molar-refractivity contribution in [2.24, 2.45) is 22.0 Å². The van der Waals surface area contributed by atoms with E-state index in [0.29, 0.717) is 18.4 Å². The van der Waals surface area contributed by atoms with Crippen molar-refractivity contribution in [3.8, 4) is 0 Å². The predicted molar refractivity (Wildman–Crippen MR) is 81.5 cm³/mol. The van der Waals surface area contributed by atoms with Gasteiger partial charge in [-0.3, -0.25) is 9.59 Å². The third-order valence-electron chi connectivity index (χ3n) is 5.46. The van der Waals surface area contributed by atoms with E-state index in [4.69, 9.17) is 5.73 Å². The Balaban J connectivity index is 2.46. The number of halogens is 2. The van der Waals surface area contributed by atoms with Gasteiger partial charge in [0.15, 0.2) is 5.78 Å². The number of hydrogen-bond acceptors (Lipinski definition) is 3. The van der Waals surface area contributed by atoms with Gasteiger partial charge in [-0.05, 0) is 18.3 Å². The van der Waals surface area contributed by atoms with E-state index in [2.05, 4.69) is 37.2 Å².